The number of rotatable bonds is 22. The predicted octanol–water partition coefficient (Wildman–Crippen LogP) is 6.03. The molecule has 19 nitrogen and oxygen atoms in total. The van der Waals surface area contributed by atoms with Crippen molar-refractivity contribution in [1.29, 1.82) is 0 Å². The predicted molar refractivity (Wildman–Crippen MR) is 253 cm³/mol. The lowest BCUT2D eigenvalue weighted by molar-refractivity contribution is -0.131. The van der Waals surface area contributed by atoms with E-state index in [1.165, 1.54) is 14.1 Å². The summed E-state index contributed by atoms with van der Waals surface area (Å²) in [6.07, 6.45) is -2.47. The largest absolute Gasteiger partial charge is 0.446 e. The first kappa shape index (κ1) is 57.2. The highest BCUT2D eigenvalue weighted by atomic mass is 16.6. The number of carbonyl (C=O) groups is 7. The van der Waals surface area contributed by atoms with Crippen LogP contribution in [-0.2, 0) is 46.5 Å². The summed E-state index contributed by atoms with van der Waals surface area (Å²) in [5.41, 5.74) is 0.588. The molecule has 0 aliphatic heterocycles. The Morgan fingerprint density at radius 1 is 0.529 bits per heavy atom. The van der Waals surface area contributed by atoms with Crippen LogP contribution in [0.25, 0.3) is 0 Å². The molecule has 0 heterocycles. The van der Waals surface area contributed by atoms with E-state index in [-0.39, 0.29) is 25.2 Å². The van der Waals surface area contributed by atoms with Crippen molar-refractivity contribution >= 4 is 42.2 Å². The van der Waals surface area contributed by atoms with Crippen LogP contribution >= 0.6 is 0 Å². The van der Waals surface area contributed by atoms with E-state index < -0.39 is 77.7 Å². The van der Waals surface area contributed by atoms with Crippen molar-refractivity contribution in [3.8, 4) is 0 Å². The molecule has 0 aromatic heterocycles. The summed E-state index contributed by atoms with van der Waals surface area (Å²) < 4.78 is 26.4. The normalized spacial score (nSPS) is 12.7. The van der Waals surface area contributed by atoms with Gasteiger partial charge in [0.2, 0.25) is 6.10 Å². The molecule has 0 fully saturated rings. The Hall–Kier alpha value is -6.89. The van der Waals surface area contributed by atoms with Gasteiger partial charge in [-0.1, -0.05) is 78.9 Å². The van der Waals surface area contributed by atoms with E-state index >= 15 is 0 Å². The average Bonchev–Trinajstić information content (AvgIpc) is 3.30. The molecule has 3 aromatic carbocycles. The first-order valence-corrected chi connectivity index (χ1v) is 22.5. The van der Waals surface area contributed by atoms with Crippen LogP contribution in [-0.4, -0.2) is 110 Å². The summed E-state index contributed by atoms with van der Waals surface area (Å²) in [7, 11) is 2.82. The molecular weight excluding hydrogens is 881 g/mol. The maximum Gasteiger partial charge on any atom is 0.408 e. The fourth-order valence-corrected chi connectivity index (χ4v) is 5.98. The minimum atomic E-state index is -1.41. The number of alkyl carbamates (subject to hydrolysis) is 4. The summed E-state index contributed by atoms with van der Waals surface area (Å²) in [5, 5.41) is 25.6. The Labute approximate surface area is 399 Å². The molecule has 0 saturated carbocycles. The number of benzene rings is 3. The molecule has 0 radical (unpaired) electrons. The Morgan fingerprint density at radius 3 is 1.34 bits per heavy atom. The molecule has 3 aromatic rings. The lowest BCUT2D eigenvalue weighted by Crippen LogP contribution is -2.52. The third-order valence-electron chi connectivity index (χ3n) is 9.26. The van der Waals surface area contributed by atoms with Gasteiger partial charge in [-0.25, -0.2) is 24.0 Å². The average molecular weight is 951 g/mol. The van der Waals surface area contributed by atoms with E-state index in [0.717, 1.165) is 11.1 Å². The second-order valence-electron chi connectivity index (χ2n) is 17.3. The Bertz CT molecular complexity index is 1990. The van der Waals surface area contributed by atoms with Crippen LogP contribution in [0.1, 0.15) is 102 Å². The van der Waals surface area contributed by atoms with Crippen LogP contribution in [0.5, 0.6) is 0 Å². The molecule has 0 spiro atoms. The van der Waals surface area contributed by atoms with E-state index in [9.17, 15) is 38.7 Å². The minimum absolute atomic E-state index is 0.162. The third kappa shape index (κ3) is 25.1. The fourth-order valence-electron chi connectivity index (χ4n) is 5.98. The van der Waals surface area contributed by atoms with Gasteiger partial charge in [0.05, 0.1) is 17.6 Å². The molecule has 0 aliphatic carbocycles. The van der Waals surface area contributed by atoms with Crippen molar-refractivity contribution in [2.24, 2.45) is 0 Å². The molecule has 0 saturated heterocycles. The van der Waals surface area contributed by atoms with Crippen molar-refractivity contribution in [2.45, 2.75) is 129 Å². The van der Waals surface area contributed by atoms with Gasteiger partial charge >= 0.3 is 30.3 Å². The van der Waals surface area contributed by atoms with Crippen molar-refractivity contribution in [1.82, 2.24) is 31.9 Å². The van der Waals surface area contributed by atoms with Crippen LogP contribution in [0.15, 0.2) is 91.0 Å². The van der Waals surface area contributed by atoms with E-state index in [1.807, 2.05) is 60.7 Å². The highest BCUT2D eigenvalue weighted by Gasteiger charge is 2.34. The van der Waals surface area contributed by atoms with Crippen LogP contribution < -0.4 is 31.9 Å². The first-order chi connectivity index (χ1) is 32.2. The number of amides is 6. The molecule has 68 heavy (non-hydrogen) atoms. The van der Waals surface area contributed by atoms with Gasteiger partial charge in [0.25, 0.3) is 11.8 Å². The molecule has 6 amide bonds. The summed E-state index contributed by atoms with van der Waals surface area (Å²) in [4.78, 5) is 85.4. The summed E-state index contributed by atoms with van der Waals surface area (Å²) in [6.45, 7) is 11.4. The number of hydrogen-bond acceptors (Lipinski definition) is 13. The number of unbranched alkanes of at least 4 members (excludes halogenated alkanes) is 2. The molecular formula is C49H70N6O13. The maximum atomic E-state index is 12.7. The van der Waals surface area contributed by atoms with E-state index in [2.05, 4.69) is 31.9 Å². The molecule has 0 aliphatic rings. The van der Waals surface area contributed by atoms with Gasteiger partial charge in [-0.15, -0.1) is 0 Å². The standard InChI is InChI=1S/C28H37N3O7.C21H33N3O6/c1-28(2,3)38-27(35)31-22(23(24(32)29-4)37-25(33)21-15-9-6-10-16-21)17-11-12-18-30-26(34)36-19-20-13-7-5-8-14-20;1-21(2,3)30-20(28)24-16(17(25)18(26)22-4)12-8-9-13-23-19(27)29-14-15-10-6-5-7-11-15/h5-10,13-16,22-23H,11-12,17-19H2,1-4H3,(H,29,32)(H,30,34)(H,31,35);5-7,10-11,16-17,25H,8-9,12-14H2,1-4H3,(H,22,26)(H,23,27)(H,24,28)/t22-,23?;16-,17?/m00/s1. The van der Waals surface area contributed by atoms with Gasteiger partial charge in [0, 0.05) is 27.2 Å². The number of nitrogens with one attached hydrogen (secondary N) is 6. The fraction of sp³-hybridized carbons (Fsp3) is 0.490. The van der Waals surface area contributed by atoms with Gasteiger partial charge in [0.1, 0.15) is 24.4 Å². The van der Waals surface area contributed by atoms with Crippen LogP contribution in [0.2, 0.25) is 0 Å². The smallest absolute Gasteiger partial charge is 0.408 e. The van der Waals surface area contributed by atoms with E-state index in [4.69, 9.17) is 23.7 Å². The Morgan fingerprint density at radius 2 is 0.926 bits per heavy atom. The molecule has 7 N–H and O–H groups in total. The third-order valence-corrected chi connectivity index (χ3v) is 9.26. The number of aliphatic hydroxyl groups excluding tert-OH is 1. The zero-order valence-electron chi connectivity index (χ0n) is 40.4. The Balaban J connectivity index is 0.000000481. The number of hydrogen-bond donors (Lipinski definition) is 7. The number of ether oxygens (including phenoxy) is 5. The molecule has 19 heteroatoms. The number of esters is 1. The summed E-state index contributed by atoms with van der Waals surface area (Å²) in [6, 6.07) is 25.2. The van der Waals surface area contributed by atoms with E-state index in [1.54, 1.807) is 71.9 Å². The summed E-state index contributed by atoms with van der Waals surface area (Å²) >= 11 is 0. The van der Waals surface area contributed by atoms with Crippen molar-refractivity contribution in [3.05, 3.63) is 108 Å². The van der Waals surface area contributed by atoms with Crippen LogP contribution in [0.4, 0.5) is 19.2 Å². The monoisotopic (exact) mass is 951 g/mol. The molecule has 0 bridgehead atoms. The van der Waals surface area contributed by atoms with Crippen molar-refractivity contribution < 1.29 is 62.4 Å². The second kappa shape index (κ2) is 30.4. The number of carbonyl (C=O) groups excluding carboxylic acids is 7. The zero-order valence-corrected chi connectivity index (χ0v) is 40.4. The molecule has 2 unspecified atom stereocenters. The minimum Gasteiger partial charge on any atom is -0.446 e. The first-order valence-electron chi connectivity index (χ1n) is 22.5. The summed E-state index contributed by atoms with van der Waals surface area (Å²) in [5.74, 6) is -1.87. The molecule has 374 valence electrons. The lowest BCUT2D eigenvalue weighted by Gasteiger charge is -2.28. The number of likely N-dealkylation sites (N-methyl/N-ethyl adjacent to an activating group) is 2. The highest BCUT2D eigenvalue weighted by Crippen LogP contribution is 2.15. The molecule has 3 rings (SSSR count). The number of aliphatic hydroxyl groups is 1. The van der Waals surface area contributed by atoms with Crippen LogP contribution in [0, 0.1) is 0 Å². The quantitative estimate of drug-likeness (QED) is 0.0345. The van der Waals surface area contributed by atoms with Crippen molar-refractivity contribution in [2.75, 3.05) is 27.2 Å². The van der Waals surface area contributed by atoms with Crippen molar-refractivity contribution in [3.63, 3.8) is 0 Å². The SMILES string of the molecule is CNC(=O)C(O)[C@H](CCCCNC(=O)OCc1ccccc1)NC(=O)OC(C)(C)C.CNC(=O)C(OC(=O)c1ccccc1)[C@H](CCCCNC(=O)OCc1ccccc1)NC(=O)OC(C)(C)C. The van der Waals surface area contributed by atoms with Gasteiger partial charge in [-0.2, -0.15) is 0 Å². The zero-order chi connectivity index (χ0) is 50.5. The van der Waals surface area contributed by atoms with Gasteiger partial charge in [0.15, 0.2) is 6.10 Å². The van der Waals surface area contributed by atoms with Crippen LogP contribution in [0.3, 0.4) is 0 Å². The molecule has 4 atom stereocenters. The van der Waals surface area contributed by atoms with Gasteiger partial charge in [-0.3, -0.25) is 9.59 Å². The second-order valence-corrected chi connectivity index (χ2v) is 17.3. The highest BCUT2D eigenvalue weighted by molar-refractivity contribution is 5.92. The van der Waals surface area contributed by atoms with Gasteiger partial charge in [-0.05, 0) is 103 Å². The lowest BCUT2D eigenvalue weighted by atomic mass is 10.0. The maximum absolute atomic E-state index is 12.7. The Kier molecular flexibility index (Phi) is 25.6. The topological polar surface area (TPSA) is 258 Å². The van der Waals surface area contributed by atoms with Gasteiger partial charge < -0.3 is 60.7 Å². The van der Waals surface area contributed by atoms with E-state index in [0.29, 0.717) is 45.2 Å².